The number of nitrogens with zero attached hydrogens (tertiary/aromatic N) is 3. The lowest BCUT2D eigenvalue weighted by molar-refractivity contribution is 0.418. The van der Waals surface area contributed by atoms with Crippen molar-refractivity contribution < 1.29 is 13.3 Å². The fraction of sp³-hybridized carbons (Fsp3) is 0.158. The van der Waals surface area contributed by atoms with Crippen LogP contribution in [0.5, 0.6) is 0 Å². The molecule has 0 radical (unpaired) electrons. The third-order valence-corrected chi connectivity index (χ3v) is 3.40. The molecule has 0 atom stereocenters. The van der Waals surface area contributed by atoms with E-state index in [0.717, 1.165) is 6.20 Å². The highest BCUT2D eigenvalue weighted by Crippen LogP contribution is 2.11. The summed E-state index contributed by atoms with van der Waals surface area (Å²) in [6, 6.07) is 7.75. The Hall–Kier alpha value is -3.62. The quantitative estimate of drug-likeness (QED) is 0.654. The Kier molecular flexibility index (Phi) is 7.32. The number of benzene rings is 1. The molecule has 1 aromatic carbocycles. The third kappa shape index (κ3) is 5.19. The Bertz CT molecular complexity index is 1030. The second-order valence-corrected chi connectivity index (χ2v) is 5.19. The van der Waals surface area contributed by atoms with Gasteiger partial charge in [0, 0.05) is 11.6 Å². The van der Waals surface area contributed by atoms with Crippen LogP contribution in [0.4, 0.5) is 8.78 Å². The van der Waals surface area contributed by atoms with E-state index >= 15 is 0 Å². The van der Waals surface area contributed by atoms with Crippen LogP contribution in [-0.2, 0) is 6.54 Å². The smallest absolute Gasteiger partial charge is 0.287 e. The van der Waals surface area contributed by atoms with Crippen molar-refractivity contribution in [2.75, 3.05) is 0 Å². The standard InChI is InChI=1S/C17H13F2N5O2.C2H6/c18-11-4-2-1-3-10(11)8-21-15(14-5-6-26-24-14)7-13(20)16-22-9-12(19)17(25)23-16;1-2/h1-7,9H,8,20H2,(H,22,23,25);1-2H3/b13-7-,21-15?;. The van der Waals surface area contributed by atoms with Gasteiger partial charge in [0.2, 0.25) is 5.82 Å². The minimum atomic E-state index is -1.02. The summed E-state index contributed by atoms with van der Waals surface area (Å²) < 4.78 is 31.6. The zero-order chi connectivity index (χ0) is 20.5. The maximum atomic E-state index is 13.8. The van der Waals surface area contributed by atoms with Gasteiger partial charge in [0.1, 0.15) is 17.8 Å². The zero-order valence-electron chi connectivity index (χ0n) is 15.3. The molecule has 2 heterocycles. The molecule has 0 saturated carbocycles. The van der Waals surface area contributed by atoms with Crippen molar-refractivity contribution >= 4 is 11.4 Å². The van der Waals surface area contributed by atoms with Gasteiger partial charge in [-0.3, -0.25) is 9.79 Å². The van der Waals surface area contributed by atoms with Gasteiger partial charge in [-0.15, -0.1) is 0 Å². The number of aliphatic imine (C=N–C) groups is 1. The molecule has 28 heavy (non-hydrogen) atoms. The van der Waals surface area contributed by atoms with Crippen molar-refractivity contribution in [3.8, 4) is 0 Å². The number of H-pyrrole nitrogens is 1. The number of rotatable bonds is 5. The van der Waals surface area contributed by atoms with Gasteiger partial charge in [0.25, 0.3) is 5.56 Å². The van der Waals surface area contributed by atoms with Crippen LogP contribution in [-0.4, -0.2) is 20.8 Å². The predicted molar refractivity (Wildman–Crippen MR) is 101 cm³/mol. The summed E-state index contributed by atoms with van der Waals surface area (Å²) in [7, 11) is 0. The molecule has 0 aliphatic rings. The molecule has 0 fully saturated rings. The number of nitrogens with one attached hydrogen (secondary N) is 1. The molecule has 3 N–H and O–H groups in total. The lowest BCUT2D eigenvalue weighted by Crippen LogP contribution is -2.17. The lowest BCUT2D eigenvalue weighted by atomic mass is 10.2. The molecular formula is C19H19F2N5O2. The fourth-order valence-corrected chi connectivity index (χ4v) is 2.08. The SMILES string of the molecule is CC.N/C(=C\C(=NCc1ccccc1F)c1ccon1)c1ncc(F)c(=O)[nH]1. The van der Waals surface area contributed by atoms with Crippen molar-refractivity contribution in [2.24, 2.45) is 10.7 Å². The Morgan fingerprint density at radius 3 is 2.64 bits per heavy atom. The lowest BCUT2D eigenvalue weighted by Gasteiger charge is -2.03. The van der Waals surface area contributed by atoms with Gasteiger partial charge in [-0.05, 0) is 12.1 Å². The molecule has 0 saturated heterocycles. The summed E-state index contributed by atoms with van der Waals surface area (Å²) in [6.45, 7) is 4.03. The van der Waals surface area contributed by atoms with Gasteiger partial charge in [0.05, 0.1) is 24.2 Å². The average Bonchev–Trinajstić information content (AvgIpc) is 3.24. The topological polar surface area (TPSA) is 110 Å². The third-order valence-electron chi connectivity index (χ3n) is 3.40. The molecule has 9 heteroatoms. The van der Waals surface area contributed by atoms with Crippen molar-refractivity contribution in [3.63, 3.8) is 0 Å². The maximum absolute atomic E-state index is 13.8. The normalized spacial score (nSPS) is 11.7. The summed E-state index contributed by atoms with van der Waals surface area (Å²) in [5.41, 5.74) is 6.01. The first-order chi connectivity index (χ1) is 13.5. The van der Waals surface area contributed by atoms with E-state index in [-0.39, 0.29) is 23.8 Å². The molecule has 0 bridgehead atoms. The predicted octanol–water partition coefficient (Wildman–Crippen LogP) is 3.05. The highest BCUT2D eigenvalue weighted by molar-refractivity contribution is 6.10. The van der Waals surface area contributed by atoms with E-state index in [9.17, 15) is 13.6 Å². The van der Waals surface area contributed by atoms with Crippen LogP contribution in [0.2, 0.25) is 0 Å². The molecule has 0 spiro atoms. The fourth-order valence-electron chi connectivity index (χ4n) is 2.08. The average molecular weight is 387 g/mol. The van der Waals surface area contributed by atoms with E-state index in [2.05, 4.69) is 20.1 Å². The summed E-state index contributed by atoms with van der Waals surface area (Å²) >= 11 is 0. The molecule has 146 valence electrons. The number of aromatic nitrogens is 3. The van der Waals surface area contributed by atoms with Crippen LogP contribution in [0.1, 0.15) is 30.9 Å². The number of hydrogen-bond donors (Lipinski definition) is 2. The van der Waals surface area contributed by atoms with Crippen LogP contribution in [0, 0.1) is 11.6 Å². The van der Waals surface area contributed by atoms with Crippen LogP contribution in [0.3, 0.4) is 0 Å². The summed E-state index contributed by atoms with van der Waals surface area (Å²) in [5.74, 6) is -1.44. The first-order valence-electron chi connectivity index (χ1n) is 8.45. The highest BCUT2D eigenvalue weighted by Gasteiger charge is 2.10. The van der Waals surface area contributed by atoms with Gasteiger partial charge < -0.3 is 15.2 Å². The monoisotopic (exact) mass is 387 g/mol. The zero-order valence-corrected chi connectivity index (χ0v) is 15.3. The number of hydrogen-bond acceptors (Lipinski definition) is 6. The molecule has 2 aromatic heterocycles. The van der Waals surface area contributed by atoms with Gasteiger partial charge in [-0.25, -0.2) is 9.37 Å². The minimum absolute atomic E-state index is 0.0254. The Morgan fingerprint density at radius 1 is 1.25 bits per heavy atom. The van der Waals surface area contributed by atoms with E-state index in [1.165, 1.54) is 18.4 Å². The first-order valence-corrected chi connectivity index (χ1v) is 8.45. The summed E-state index contributed by atoms with van der Waals surface area (Å²) in [4.78, 5) is 21.6. The second-order valence-electron chi connectivity index (χ2n) is 5.19. The molecule has 0 amide bonds. The first kappa shape index (κ1) is 20.7. The van der Waals surface area contributed by atoms with Gasteiger partial charge >= 0.3 is 0 Å². The maximum Gasteiger partial charge on any atom is 0.287 e. The Morgan fingerprint density at radius 2 is 2.00 bits per heavy atom. The molecule has 7 nitrogen and oxygen atoms in total. The van der Waals surface area contributed by atoms with Crippen LogP contribution in [0.25, 0.3) is 5.70 Å². The van der Waals surface area contributed by atoms with Gasteiger partial charge in [-0.2, -0.15) is 4.39 Å². The van der Waals surface area contributed by atoms with Crippen molar-refractivity contribution in [1.29, 1.82) is 0 Å². The van der Waals surface area contributed by atoms with Crippen LogP contribution < -0.4 is 11.3 Å². The minimum Gasteiger partial charge on any atom is -0.396 e. The molecule has 0 aliphatic carbocycles. The molecule has 0 unspecified atom stereocenters. The number of halogens is 2. The second kappa shape index (κ2) is 9.91. The number of allylic oxidation sites excluding steroid dienone is 1. The summed E-state index contributed by atoms with van der Waals surface area (Å²) in [5, 5.41) is 3.78. The molecule has 3 rings (SSSR count). The van der Waals surface area contributed by atoms with Crippen LogP contribution >= 0.6 is 0 Å². The largest absolute Gasteiger partial charge is 0.396 e. The van der Waals surface area contributed by atoms with E-state index in [1.807, 2.05) is 13.8 Å². The molecule has 0 aliphatic heterocycles. The van der Waals surface area contributed by atoms with E-state index in [0.29, 0.717) is 11.3 Å². The number of nitrogens with two attached hydrogens (primary N) is 1. The van der Waals surface area contributed by atoms with E-state index in [1.54, 1.807) is 24.3 Å². The molecular weight excluding hydrogens is 368 g/mol. The van der Waals surface area contributed by atoms with E-state index < -0.39 is 17.2 Å². The Balaban J connectivity index is 0.00000136. The van der Waals surface area contributed by atoms with E-state index in [4.69, 9.17) is 10.3 Å². The van der Waals surface area contributed by atoms with Crippen LogP contribution in [0.15, 0.2) is 63.2 Å². The van der Waals surface area contributed by atoms with Crippen molar-refractivity contribution in [1.82, 2.24) is 15.1 Å². The highest BCUT2D eigenvalue weighted by atomic mass is 19.1. The van der Waals surface area contributed by atoms with Crippen molar-refractivity contribution in [2.45, 2.75) is 20.4 Å². The number of aromatic amines is 1. The van der Waals surface area contributed by atoms with Gasteiger partial charge in [-0.1, -0.05) is 37.2 Å². The van der Waals surface area contributed by atoms with Gasteiger partial charge in [0.15, 0.2) is 5.82 Å². The van der Waals surface area contributed by atoms with Crippen molar-refractivity contribution in [3.05, 3.63) is 87.9 Å². The Labute approximate surface area is 159 Å². The molecule has 3 aromatic rings. The summed E-state index contributed by atoms with van der Waals surface area (Å²) in [6.07, 6.45) is 3.49.